The molecule has 0 heterocycles. The van der Waals surface area contributed by atoms with Crippen molar-refractivity contribution in [3.05, 3.63) is 53.6 Å². The number of phenols is 1. The number of hydrogen-bond donors (Lipinski definition) is 1. The molecule has 0 saturated heterocycles. The van der Waals surface area contributed by atoms with Gasteiger partial charge in [-0.3, -0.25) is 0 Å². The number of rotatable bonds is 2. The van der Waals surface area contributed by atoms with Crippen molar-refractivity contribution >= 4 is 0 Å². The summed E-state index contributed by atoms with van der Waals surface area (Å²) in [5.41, 5.74) is 4.01. The van der Waals surface area contributed by atoms with Crippen LogP contribution in [0.15, 0.2) is 48.1 Å². The molecule has 0 amide bonds. The Hall–Kier alpha value is -1.50. The number of benzene rings is 1. The van der Waals surface area contributed by atoms with Crippen molar-refractivity contribution in [1.82, 2.24) is 0 Å². The molecule has 1 nitrogen and oxygen atoms in total. The maximum atomic E-state index is 9.33. The summed E-state index contributed by atoms with van der Waals surface area (Å²) in [7, 11) is 0. The molecule has 0 saturated carbocycles. The van der Waals surface area contributed by atoms with Crippen LogP contribution in [0.2, 0.25) is 0 Å². The van der Waals surface area contributed by atoms with Gasteiger partial charge >= 0.3 is 0 Å². The van der Waals surface area contributed by atoms with Crippen molar-refractivity contribution in [2.45, 2.75) is 32.6 Å². The summed E-state index contributed by atoms with van der Waals surface area (Å²) in [4.78, 5) is 0. The van der Waals surface area contributed by atoms with E-state index in [1.807, 2.05) is 12.1 Å². The van der Waals surface area contributed by atoms with E-state index in [9.17, 15) is 5.11 Å². The Kier molecular flexibility index (Phi) is 3.37. The predicted octanol–water partition coefficient (Wildman–Crippen LogP) is 4.41. The summed E-state index contributed by atoms with van der Waals surface area (Å²) in [6.45, 7) is 8.40. The van der Waals surface area contributed by atoms with E-state index in [4.69, 9.17) is 0 Å². The third-order valence-electron chi connectivity index (χ3n) is 3.79. The van der Waals surface area contributed by atoms with Crippen LogP contribution in [0.4, 0.5) is 0 Å². The average Bonchev–Trinajstić information content (AvgIpc) is 2.31. The van der Waals surface area contributed by atoms with Crippen molar-refractivity contribution in [2.24, 2.45) is 5.92 Å². The molecule has 1 aromatic carbocycles. The van der Waals surface area contributed by atoms with E-state index in [1.165, 1.54) is 16.7 Å². The second kappa shape index (κ2) is 4.79. The highest BCUT2D eigenvalue weighted by Crippen LogP contribution is 2.39. The van der Waals surface area contributed by atoms with Gasteiger partial charge in [-0.2, -0.15) is 0 Å². The molecule has 90 valence electrons. The molecule has 1 aromatic rings. The van der Waals surface area contributed by atoms with Crippen molar-refractivity contribution in [3.8, 4) is 5.75 Å². The zero-order chi connectivity index (χ0) is 12.4. The fourth-order valence-electron chi connectivity index (χ4n) is 2.55. The molecule has 17 heavy (non-hydrogen) atoms. The highest BCUT2D eigenvalue weighted by Gasteiger charge is 2.23. The molecule has 0 radical (unpaired) electrons. The van der Waals surface area contributed by atoms with Gasteiger partial charge in [0, 0.05) is 5.92 Å². The molecule has 0 aliphatic heterocycles. The molecule has 1 heteroatoms. The monoisotopic (exact) mass is 228 g/mol. The second-order valence-corrected chi connectivity index (χ2v) is 5.11. The first kappa shape index (κ1) is 12.0. The van der Waals surface area contributed by atoms with Crippen LogP contribution in [0.1, 0.15) is 38.2 Å². The maximum absolute atomic E-state index is 9.33. The summed E-state index contributed by atoms with van der Waals surface area (Å²) in [5, 5.41) is 9.33. The average molecular weight is 228 g/mol. The Morgan fingerprint density at radius 3 is 2.53 bits per heavy atom. The lowest BCUT2D eigenvalue weighted by atomic mass is 9.76. The third kappa shape index (κ3) is 2.60. The Morgan fingerprint density at radius 2 is 1.94 bits per heavy atom. The Balaban J connectivity index is 2.25. The minimum Gasteiger partial charge on any atom is -0.508 e. The van der Waals surface area contributed by atoms with Crippen LogP contribution < -0.4 is 0 Å². The van der Waals surface area contributed by atoms with Gasteiger partial charge in [0.15, 0.2) is 0 Å². The van der Waals surface area contributed by atoms with Gasteiger partial charge in [-0.05, 0) is 50.3 Å². The van der Waals surface area contributed by atoms with Gasteiger partial charge < -0.3 is 5.11 Å². The number of hydrogen-bond acceptors (Lipinski definition) is 1. The maximum Gasteiger partial charge on any atom is 0.115 e. The van der Waals surface area contributed by atoms with Gasteiger partial charge in [-0.25, -0.2) is 0 Å². The minimum atomic E-state index is 0.336. The molecule has 0 fully saturated rings. The minimum absolute atomic E-state index is 0.336. The van der Waals surface area contributed by atoms with Gasteiger partial charge in [0.1, 0.15) is 5.75 Å². The standard InChI is InChI=1S/C16H20O/c1-11(2)14-5-4-12(3)16(10-14)13-6-8-15(17)9-7-13/h4,6-9,14,16-17H,1,5,10H2,2-3H3. The van der Waals surface area contributed by atoms with Crippen LogP contribution >= 0.6 is 0 Å². The van der Waals surface area contributed by atoms with Crippen LogP contribution in [0.5, 0.6) is 5.75 Å². The van der Waals surface area contributed by atoms with E-state index in [2.05, 4.69) is 26.5 Å². The predicted molar refractivity (Wildman–Crippen MR) is 72.1 cm³/mol. The SMILES string of the molecule is C=C(C)C1CC=C(C)C(c2ccc(O)cc2)C1. The molecular weight excluding hydrogens is 208 g/mol. The van der Waals surface area contributed by atoms with E-state index in [1.54, 1.807) is 12.1 Å². The summed E-state index contributed by atoms with van der Waals surface area (Å²) in [6.07, 6.45) is 4.60. The zero-order valence-electron chi connectivity index (χ0n) is 10.6. The lowest BCUT2D eigenvalue weighted by molar-refractivity contribution is 0.473. The van der Waals surface area contributed by atoms with Crippen LogP contribution in [-0.2, 0) is 0 Å². The molecule has 2 unspecified atom stereocenters. The normalized spacial score (nSPS) is 24.2. The van der Waals surface area contributed by atoms with Crippen molar-refractivity contribution in [2.75, 3.05) is 0 Å². The summed E-state index contributed by atoms with van der Waals surface area (Å²) >= 11 is 0. The number of aromatic hydroxyl groups is 1. The summed E-state index contributed by atoms with van der Waals surface area (Å²) in [6, 6.07) is 7.59. The van der Waals surface area contributed by atoms with Gasteiger partial charge in [-0.15, -0.1) is 0 Å². The van der Waals surface area contributed by atoms with Crippen LogP contribution in [-0.4, -0.2) is 5.11 Å². The molecule has 1 aliphatic carbocycles. The lowest BCUT2D eigenvalue weighted by Crippen LogP contribution is -2.14. The molecule has 2 rings (SSSR count). The van der Waals surface area contributed by atoms with E-state index in [-0.39, 0.29) is 0 Å². The Morgan fingerprint density at radius 1 is 1.29 bits per heavy atom. The van der Waals surface area contributed by atoms with E-state index in [0.29, 0.717) is 17.6 Å². The molecule has 2 atom stereocenters. The third-order valence-corrected chi connectivity index (χ3v) is 3.79. The number of allylic oxidation sites excluding steroid dienone is 3. The van der Waals surface area contributed by atoms with Crippen LogP contribution in [0, 0.1) is 5.92 Å². The zero-order valence-corrected chi connectivity index (χ0v) is 10.6. The summed E-state index contributed by atoms with van der Waals surface area (Å²) < 4.78 is 0. The highest BCUT2D eigenvalue weighted by atomic mass is 16.3. The van der Waals surface area contributed by atoms with Crippen molar-refractivity contribution < 1.29 is 5.11 Å². The van der Waals surface area contributed by atoms with Gasteiger partial charge in [0.2, 0.25) is 0 Å². The first-order valence-corrected chi connectivity index (χ1v) is 6.19. The largest absolute Gasteiger partial charge is 0.508 e. The Bertz CT molecular complexity index is 439. The fraction of sp³-hybridized carbons (Fsp3) is 0.375. The van der Waals surface area contributed by atoms with E-state index < -0.39 is 0 Å². The molecule has 1 N–H and O–H groups in total. The van der Waals surface area contributed by atoms with Crippen molar-refractivity contribution in [3.63, 3.8) is 0 Å². The molecule has 0 aromatic heterocycles. The van der Waals surface area contributed by atoms with E-state index >= 15 is 0 Å². The van der Waals surface area contributed by atoms with E-state index in [0.717, 1.165) is 12.8 Å². The fourth-order valence-corrected chi connectivity index (χ4v) is 2.55. The van der Waals surface area contributed by atoms with Crippen LogP contribution in [0.3, 0.4) is 0 Å². The highest BCUT2D eigenvalue weighted by molar-refractivity contribution is 5.34. The van der Waals surface area contributed by atoms with Crippen molar-refractivity contribution in [1.29, 1.82) is 0 Å². The number of phenolic OH excluding ortho intramolecular Hbond substituents is 1. The molecular formula is C16H20O. The van der Waals surface area contributed by atoms with Gasteiger partial charge in [0.25, 0.3) is 0 Å². The topological polar surface area (TPSA) is 20.2 Å². The smallest absolute Gasteiger partial charge is 0.115 e. The second-order valence-electron chi connectivity index (χ2n) is 5.11. The molecule has 0 bridgehead atoms. The quantitative estimate of drug-likeness (QED) is 0.743. The van der Waals surface area contributed by atoms with Crippen LogP contribution in [0.25, 0.3) is 0 Å². The van der Waals surface area contributed by atoms with Gasteiger partial charge in [0.05, 0.1) is 0 Å². The molecule has 0 spiro atoms. The van der Waals surface area contributed by atoms with Gasteiger partial charge in [-0.1, -0.05) is 35.9 Å². The first-order chi connectivity index (χ1) is 8.08. The summed E-state index contributed by atoms with van der Waals surface area (Å²) in [5.74, 6) is 1.41. The first-order valence-electron chi connectivity index (χ1n) is 6.19. The molecule has 1 aliphatic rings. The Labute approximate surface area is 103 Å². The lowest BCUT2D eigenvalue weighted by Gasteiger charge is -2.29.